The van der Waals surface area contributed by atoms with Crippen LogP contribution in [0.4, 0.5) is 5.69 Å². The zero-order valence-corrected chi connectivity index (χ0v) is 16.1. The number of amides is 1. The molecule has 26 heavy (non-hydrogen) atoms. The molecule has 0 radical (unpaired) electrons. The topological polar surface area (TPSA) is 53.6 Å². The van der Waals surface area contributed by atoms with Crippen molar-refractivity contribution in [3.63, 3.8) is 0 Å². The first-order chi connectivity index (χ1) is 12.5. The SMILES string of the molecule is CC1(C)C(NC(=O)c2cc3ccc4c(c3s2)OCCN4)C2CCN1CC2. The minimum absolute atomic E-state index is 0.0275. The second-order valence-electron chi connectivity index (χ2n) is 8.18. The van der Waals surface area contributed by atoms with E-state index in [-0.39, 0.29) is 17.5 Å². The summed E-state index contributed by atoms with van der Waals surface area (Å²) in [6, 6.07) is 6.33. The fourth-order valence-electron chi connectivity index (χ4n) is 4.90. The first kappa shape index (κ1) is 16.4. The van der Waals surface area contributed by atoms with Crippen LogP contribution in [0.3, 0.4) is 0 Å². The average molecular weight is 372 g/mol. The third kappa shape index (κ3) is 2.42. The summed E-state index contributed by atoms with van der Waals surface area (Å²) < 4.78 is 6.93. The van der Waals surface area contributed by atoms with Crippen LogP contribution in [0.25, 0.3) is 10.1 Å². The van der Waals surface area contributed by atoms with Gasteiger partial charge in [0.05, 0.1) is 15.3 Å². The number of hydrogen-bond acceptors (Lipinski definition) is 5. The van der Waals surface area contributed by atoms with Gasteiger partial charge in [-0.05, 0) is 63.2 Å². The second-order valence-corrected chi connectivity index (χ2v) is 9.23. The fraction of sp³-hybridized carbons (Fsp3) is 0.550. The lowest BCUT2D eigenvalue weighted by molar-refractivity contribution is -0.0377. The van der Waals surface area contributed by atoms with Crippen LogP contribution in [0.5, 0.6) is 5.75 Å². The monoisotopic (exact) mass is 371 g/mol. The Morgan fingerprint density at radius 1 is 1.35 bits per heavy atom. The maximum Gasteiger partial charge on any atom is 0.261 e. The van der Waals surface area contributed by atoms with E-state index in [9.17, 15) is 4.79 Å². The van der Waals surface area contributed by atoms with Crippen molar-refractivity contribution >= 4 is 33.0 Å². The van der Waals surface area contributed by atoms with E-state index in [2.05, 4.69) is 35.4 Å². The van der Waals surface area contributed by atoms with Crippen LogP contribution >= 0.6 is 11.3 Å². The van der Waals surface area contributed by atoms with Gasteiger partial charge in [0.1, 0.15) is 6.61 Å². The van der Waals surface area contributed by atoms with Gasteiger partial charge in [-0.3, -0.25) is 9.69 Å². The predicted molar refractivity (Wildman–Crippen MR) is 105 cm³/mol. The van der Waals surface area contributed by atoms with Crippen molar-refractivity contribution in [1.29, 1.82) is 0 Å². The van der Waals surface area contributed by atoms with Crippen molar-refractivity contribution < 1.29 is 9.53 Å². The molecule has 2 bridgehead atoms. The van der Waals surface area contributed by atoms with Crippen LogP contribution in [0.1, 0.15) is 36.4 Å². The maximum absolute atomic E-state index is 13.0. The first-order valence-electron chi connectivity index (χ1n) is 9.53. The quantitative estimate of drug-likeness (QED) is 0.850. The summed E-state index contributed by atoms with van der Waals surface area (Å²) in [5.74, 6) is 1.53. The van der Waals surface area contributed by atoms with E-state index >= 15 is 0 Å². The van der Waals surface area contributed by atoms with E-state index in [0.717, 1.165) is 46.0 Å². The van der Waals surface area contributed by atoms with Gasteiger partial charge in [-0.1, -0.05) is 6.07 Å². The molecule has 1 aromatic heterocycles. The van der Waals surface area contributed by atoms with E-state index in [1.807, 2.05) is 12.1 Å². The lowest BCUT2D eigenvalue weighted by atomic mass is 9.72. The van der Waals surface area contributed by atoms with E-state index in [1.165, 1.54) is 24.2 Å². The van der Waals surface area contributed by atoms with Crippen LogP contribution < -0.4 is 15.4 Å². The molecule has 0 spiro atoms. The molecular weight excluding hydrogens is 346 g/mol. The smallest absolute Gasteiger partial charge is 0.261 e. The second kappa shape index (κ2) is 5.86. The molecule has 4 aliphatic rings. The van der Waals surface area contributed by atoms with E-state index in [1.54, 1.807) is 0 Å². The molecule has 6 heteroatoms. The van der Waals surface area contributed by atoms with E-state index in [0.29, 0.717) is 12.5 Å². The Kier molecular flexibility index (Phi) is 3.69. The van der Waals surface area contributed by atoms with Crippen molar-refractivity contribution in [2.45, 2.75) is 38.3 Å². The van der Waals surface area contributed by atoms with Crippen molar-refractivity contribution in [2.24, 2.45) is 5.92 Å². The number of anilines is 1. The van der Waals surface area contributed by atoms with Crippen LogP contribution in [0.2, 0.25) is 0 Å². The Labute approximate surface area is 157 Å². The van der Waals surface area contributed by atoms with Gasteiger partial charge in [-0.2, -0.15) is 0 Å². The Morgan fingerprint density at radius 3 is 2.92 bits per heavy atom. The number of nitrogens with zero attached hydrogens (tertiary/aromatic N) is 1. The van der Waals surface area contributed by atoms with Crippen molar-refractivity contribution in [1.82, 2.24) is 10.2 Å². The lowest BCUT2D eigenvalue weighted by Gasteiger charge is -2.56. The average Bonchev–Trinajstić information content (AvgIpc) is 3.10. The predicted octanol–water partition coefficient (Wildman–Crippen LogP) is 3.31. The number of carbonyl (C=O) groups is 1. The van der Waals surface area contributed by atoms with E-state index < -0.39 is 0 Å². The molecule has 1 atom stereocenters. The number of hydrogen-bond donors (Lipinski definition) is 2. The number of fused-ring (bicyclic) bond motifs is 6. The largest absolute Gasteiger partial charge is 0.488 e. The molecule has 5 nitrogen and oxygen atoms in total. The summed E-state index contributed by atoms with van der Waals surface area (Å²) in [5.41, 5.74) is 1.05. The highest BCUT2D eigenvalue weighted by Crippen LogP contribution is 2.42. The molecule has 5 heterocycles. The Bertz CT molecular complexity index is 867. The number of carbonyl (C=O) groups excluding carboxylic acids is 1. The number of thiophene rings is 1. The van der Waals surface area contributed by atoms with Gasteiger partial charge in [0.25, 0.3) is 5.91 Å². The molecule has 0 saturated carbocycles. The molecule has 1 amide bonds. The highest BCUT2D eigenvalue weighted by molar-refractivity contribution is 7.21. The minimum atomic E-state index is 0.0275. The highest BCUT2D eigenvalue weighted by atomic mass is 32.1. The summed E-state index contributed by atoms with van der Waals surface area (Å²) >= 11 is 1.54. The zero-order chi connectivity index (χ0) is 17.9. The molecular formula is C20H25N3O2S. The molecule has 138 valence electrons. The summed E-state index contributed by atoms with van der Waals surface area (Å²) in [4.78, 5) is 16.3. The molecule has 4 aliphatic heterocycles. The fourth-order valence-corrected chi connectivity index (χ4v) is 5.96. The van der Waals surface area contributed by atoms with Gasteiger partial charge >= 0.3 is 0 Å². The Hall–Kier alpha value is -1.79. The van der Waals surface area contributed by atoms with Gasteiger partial charge in [-0.15, -0.1) is 11.3 Å². The molecule has 0 aliphatic carbocycles. The number of nitrogens with one attached hydrogen (secondary N) is 2. The number of ether oxygens (including phenoxy) is 1. The van der Waals surface area contributed by atoms with Crippen molar-refractivity contribution in [2.75, 3.05) is 31.6 Å². The molecule has 3 saturated heterocycles. The normalized spacial score (nSPS) is 28.9. The summed E-state index contributed by atoms with van der Waals surface area (Å²) in [6.45, 7) is 8.34. The van der Waals surface area contributed by atoms with Crippen LogP contribution in [0, 0.1) is 5.92 Å². The zero-order valence-electron chi connectivity index (χ0n) is 15.3. The molecule has 2 aromatic rings. The lowest BCUT2D eigenvalue weighted by Crippen LogP contribution is -2.69. The standard InChI is InChI=1S/C20H25N3O2S/c1-20(2)18(12-5-8-23(20)9-6-12)22-19(24)15-11-13-3-4-14-16(17(13)26-15)25-10-7-21-14/h3-4,11-12,18,21H,5-10H2,1-2H3,(H,22,24). The Morgan fingerprint density at radius 2 is 2.15 bits per heavy atom. The highest BCUT2D eigenvalue weighted by Gasteiger charge is 2.48. The minimum Gasteiger partial charge on any atom is -0.488 e. The van der Waals surface area contributed by atoms with E-state index in [4.69, 9.17) is 4.74 Å². The van der Waals surface area contributed by atoms with Gasteiger partial charge in [0.2, 0.25) is 0 Å². The maximum atomic E-state index is 13.0. The van der Waals surface area contributed by atoms with Crippen molar-refractivity contribution in [3.05, 3.63) is 23.1 Å². The van der Waals surface area contributed by atoms with Gasteiger partial charge in [0, 0.05) is 18.1 Å². The summed E-state index contributed by atoms with van der Waals surface area (Å²) in [5, 5.41) is 7.81. The molecule has 1 unspecified atom stereocenters. The number of benzene rings is 1. The molecule has 1 aromatic carbocycles. The molecule has 2 N–H and O–H groups in total. The molecule has 3 fully saturated rings. The summed E-state index contributed by atoms with van der Waals surface area (Å²) in [6.07, 6.45) is 2.38. The first-order valence-corrected chi connectivity index (χ1v) is 10.3. The van der Waals surface area contributed by atoms with Crippen LogP contribution in [-0.2, 0) is 0 Å². The summed E-state index contributed by atoms with van der Waals surface area (Å²) in [7, 11) is 0. The third-order valence-electron chi connectivity index (χ3n) is 6.40. The van der Waals surface area contributed by atoms with Gasteiger partial charge < -0.3 is 15.4 Å². The third-order valence-corrected chi connectivity index (χ3v) is 7.55. The van der Waals surface area contributed by atoms with Crippen LogP contribution in [-0.4, -0.2) is 48.6 Å². The van der Waals surface area contributed by atoms with Crippen LogP contribution in [0.15, 0.2) is 18.2 Å². The number of rotatable bonds is 2. The van der Waals surface area contributed by atoms with Gasteiger partial charge in [-0.25, -0.2) is 0 Å². The number of piperidine rings is 3. The molecule has 6 rings (SSSR count). The Balaban J connectivity index is 1.44. The van der Waals surface area contributed by atoms with Gasteiger partial charge in [0.15, 0.2) is 5.75 Å². The van der Waals surface area contributed by atoms with Crippen molar-refractivity contribution in [3.8, 4) is 5.75 Å².